The summed E-state index contributed by atoms with van der Waals surface area (Å²) in [5, 5.41) is 5.74. The van der Waals surface area contributed by atoms with Gasteiger partial charge in [0.1, 0.15) is 19.0 Å². The third kappa shape index (κ3) is 5.56. The van der Waals surface area contributed by atoms with Gasteiger partial charge in [-0.15, -0.1) is 0 Å². The van der Waals surface area contributed by atoms with Crippen molar-refractivity contribution >= 4 is 22.8 Å². The monoisotopic (exact) mass is 346 g/mol. The summed E-state index contributed by atoms with van der Waals surface area (Å²) < 4.78 is 6.69. The van der Waals surface area contributed by atoms with E-state index in [-0.39, 0.29) is 30.5 Å². The normalized spacial score (nSPS) is 11.5. The fourth-order valence-corrected chi connectivity index (χ4v) is 2.59. The average molecular weight is 346 g/mol. The SMILES string of the molecule is COCC(=O)NCCc1nc2ccccc2n1CC(=O)NC(C)(C)C. The van der Waals surface area contributed by atoms with Crippen LogP contribution in [0.15, 0.2) is 24.3 Å². The summed E-state index contributed by atoms with van der Waals surface area (Å²) in [4.78, 5) is 28.4. The van der Waals surface area contributed by atoms with Crippen molar-refractivity contribution in [2.45, 2.75) is 39.3 Å². The van der Waals surface area contributed by atoms with Crippen LogP contribution in [0.4, 0.5) is 0 Å². The molecule has 1 aromatic heterocycles. The van der Waals surface area contributed by atoms with E-state index in [2.05, 4.69) is 15.6 Å². The number of nitrogens with one attached hydrogen (secondary N) is 2. The lowest BCUT2D eigenvalue weighted by Crippen LogP contribution is -2.42. The molecule has 2 aromatic rings. The minimum absolute atomic E-state index is 0.0321. The second-order valence-corrected chi connectivity index (χ2v) is 6.93. The Kier molecular flexibility index (Phi) is 6.14. The lowest BCUT2D eigenvalue weighted by molar-refractivity contribution is -0.125. The van der Waals surface area contributed by atoms with Crippen molar-refractivity contribution in [3.8, 4) is 0 Å². The molecule has 0 unspecified atom stereocenters. The Bertz CT molecular complexity index is 746. The molecule has 0 saturated carbocycles. The van der Waals surface area contributed by atoms with Gasteiger partial charge in [-0.05, 0) is 32.9 Å². The van der Waals surface area contributed by atoms with Crippen LogP contribution < -0.4 is 10.6 Å². The number of hydrogen-bond acceptors (Lipinski definition) is 4. The number of imidazole rings is 1. The second-order valence-electron chi connectivity index (χ2n) is 6.93. The number of nitrogens with zero attached hydrogens (tertiary/aromatic N) is 2. The number of benzene rings is 1. The van der Waals surface area contributed by atoms with E-state index >= 15 is 0 Å². The summed E-state index contributed by atoms with van der Waals surface area (Å²) in [5.74, 6) is 0.527. The van der Waals surface area contributed by atoms with Crippen LogP contribution in [0.3, 0.4) is 0 Å². The number of fused-ring (bicyclic) bond motifs is 1. The predicted octanol–water partition coefficient (Wildman–Crippen LogP) is 1.26. The van der Waals surface area contributed by atoms with Crippen LogP contribution in [0.25, 0.3) is 11.0 Å². The number of carbonyl (C=O) groups is 2. The molecule has 0 aliphatic heterocycles. The maximum atomic E-state index is 12.3. The molecule has 0 bridgehead atoms. The lowest BCUT2D eigenvalue weighted by Gasteiger charge is -2.21. The molecule has 7 heteroatoms. The van der Waals surface area contributed by atoms with Crippen LogP contribution in [-0.2, 0) is 27.3 Å². The molecule has 0 atom stereocenters. The number of methoxy groups -OCH3 is 1. The molecular weight excluding hydrogens is 320 g/mol. The molecule has 1 heterocycles. The lowest BCUT2D eigenvalue weighted by atomic mass is 10.1. The highest BCUT2D eigenvalue weighted by Gasteiger charge is 2.17. The highest BCUT2D eigenvalue weighted by molar-refractivity contribution is 5.81. The van der Waals surface area contributed by atoms with E-state index in [9.17, 15) is 9.59 Å². The molecule has 2 N–H and O–H groups in total. The van der Waals surface area contributed by atoms with Gasteiger partial charge in [0.05, 0.1) is 11.0 Å². The van der Waals surface area contributed by atoms with Crippen molar-refractivity contribution in [3.63, 3.8) is 0 Å². The molecule has 1 aromatic carbocycles. The van der Waals surface area contributed by atoms with Gasteiger partial charge in [-0.1, -0.05) is 12.1 Å². The fourth-order valence-electron chi connectivity index (χ4n) is 2.59. The molecule has 136 valence electrons. The van der Waals surface area contributed by atoms with Crippen LogP contribution in [0.1, 0.15) is 26.6 Å². The molecular formula is C18H26N4O3. The first kappa shape index (κ1) is 18.9. The summed E-state index contributed by atoms with van der Waals surface area (Å²) in [7, 11) is 1.48. The molecule has 0 aliphatic rings. The average Bonchev–Trinajstić information content (AvgIpc) is 2.84. The Hall–Kier alpha value is -2.41. The van der Waals surface area contributed by atoms with Crippen molar-refractivity contribution in [2.75, 3.05) is 20.3 Å². The topological polar surface area (TPSA) is 85.2 Å². The molecule has 0 aliphatic carbocycles. The molecule has 0 spiro atoms. The van der Waals surface area contributed by atoms with Gasteiger partial charge >= 0.3 is 0 Å². The van der Waals surface area contributed by atoms with Gasteiger partial charge in [0, 0.05) is 25.6 Å². The molecule has 7 nitrogen and oxygen atoms in total. The standard InChI is InChI=1S/C18H26N4O3/c1-18(2,3)21-16(23)11-22-14-8-6-5-7-13(14)20-15(22)9-10-19-17(24)12-25-4/h5-8H,9-12H2,1-4H3,(H,19,24)(H,21,23). The van der Waals surface area contributed by atoms with E-state index in [0.29, 0.717) is 13.0 Å². The Morgan fingerprint density at radius 3 is 2.60 bits per heavy atom. The van der Waals surface area contributed by atoms with Gasteiger partial charge in [0.2, 0.25) is 11.8 Å². The van der Waals surface area contributed by atoms with E-state index in [1.165, 1.54) is 7.11 Å². The predicted molar refractivity (Wildman–Crippen MR) is 96.2 cm³/mol. The Morgan fingerprint density at radius 2 is 1.92 bits per heavy atom. The van der Waals surface area contributed by atoms with E-state index < -0.39 is 0 Å². The van der Waals surface area contributed by atoms with Gasteiger partial charge < -0.3 is 19.9 Å². The van der Waals surface area contributed by atoms with Crippen molar-refractivity contribution in [3.05, 3.63) is 30.1 Å². The molecule has 2 amide bonds. The highest BCUT2D eigenvalue weighted by atomic mass is 16.5. The third-order valence-corrected chi connectivity index (χ3v) is 3.50. The van der Waals surface area contributed by atoms with Crippen molar-refractivity contribution in [1.82, 2.24) is 20.2 Å². The second kappa shape index (κ2) is 8.11. The Labute approximate surface area is 147 Å². The Balaban J connectivity index is 2.15. The van der Waals surface area contributed by atoms with Gasteiger partial charge in [-0.3, -0.25) is 9.59 Å². The molecule has 0 radical (unpaired) electrons. The van der Waals surface area contributed by atoms with Crippen molar-refractivity contribution in [1.29, 1.82) is 0 Å². The van der Waals surface area contributed by atoms with Crippen LogP contribution >= 0.6 is 0 Å². The van der Waals surface area contributed by atoms with Gasteiger partial charge in [0.15, 0.2) is 0 Å². The number of para-hydroxylation sites is 2. The quantitative estimate of drug-likeness (QED) is 0.790. The molecule has 0 fully saturated rings. The zero-order valence-corrected chi connectivity index (χ0v) is 15.3. The minimum Gasteiger partial charge on any atom is -0.375 e. The van der Waals surface area contributed by atoms with E-state index in [1.54, 1.807) is 0 Å². The summed E-state index contributed by atoms with van der Waals surface area (Å²) >= 11 is 0. The fraction of sp³-hybridized carbons (Fsp3) is 0.500. The number of ether oxygens (including phenoxy) is 1. The molecule has 2 rings (SSSR count). The van der Waals surface area contributed by atoms with Crippen LogP contribution in [0.5, 0.6) is 0 Å². The number of rotatable bonds is 7. The van der Waals surface area contributed by atoms with Crippen molar-refractivity contribution < 1.29 is 14.3 Å². The van der Waals surface area contributed by atoms with E-state index in [0.717, 1.165) is 16.9 Å². The number of aromatic nitrogens is 2. The summed E-state index contributed by atoms with van der Waals surface area (Å²) in [6.07, 6.45) is 0.535. The maximum Gasteiger partial charge on any atom is 0.245 e. The number of carbonyl (C=O) groups excluding carboxylic acids is 2. The summed E-state index contributed by atoms with van der Waals surface area (Å²) in [6, 6.07) is 7.70. The smallest absolute Gasteiger partial charge is 0.245 e. The minimum atomic E-state index is -0.290. The Morgan fingerprint density at radius 1 is 1.20 bits per heavy atom. The zero-order chi connectivity index (χ0) is 18.4. The number of amides is 2. The van der Waals surface area contributed by atoms with E-state index in [4.69, 9.17) is 4.74 Å². The van der Waals surface area contributed by atoms with Crippen LogP contribution in [0, 0.1) is 0 Å². The third-order valence-electron chi connectivity index (χ3n) is 3.50. The van der Waals surface area contributed by atoms with Gasteiger partial charge in [-0.2, -0.15) is 0 Å². The highest BCUT2D eigenvalue weighted by Crippen LogP contribution is 2.16. The van der Waals surface area contributed by atoms with E-state index in [1.807, 2.05) is 49.6 Å². The van der Waals surface area contributed by atoms with Gasteiger partial charge in [0.25, 0.3) is 0 Å². The van der Waals surface area contributed by atoms with Crippen LogP contribution in [0.2, 0.25) is 0 Å². The first-order chi connectivity index (χ1) is 11.8. The van der Waals surface area contributed by atoms with Crippen molar-refractivity contribution in [2.24, 2.45) is 0 Å². The molecule has 0 saturated heterocycles. The summed E-state index contributed by atoms with van der Waals surface area (Å²) in [6.45, 7) is 6.51. The first-order valence-corrected chi connectivity index (χ1v) is 8.31. The largest absolute Gasteiger partial charge is 0.375 e. The molecule has 25 heavy (non-hydrogen) atoms. The van der Waals surface area contributed by atoms with Crippen LogP contribution in [-0.4, -0.2) is 47.2 Å². The maximum absolute atomic E-state index is 12.3. The number of hydrogen-bond donors (Lipinski definition) is 2. The summed E-state index contributed by atoms with van der Waals surface area (Å²) in [5.41, 5.74) is 1.45. The van der Waals surface area contributed by atoms with Gasteiger partial charge in [-0.25, -0.2) is 4.98 Å². The zero-order valence-electron chi connectivity index (χ0n) is 15.3. The first-order valence-electron chi connectivity index (χ1n) is 8.31.